The number of fused-ring (bicyclic) bond motifs is 11. The van der Waals surface area contributed by atoms with Crippen LogP contribution in [0.1, 0.15) is 137 Å². The molecule has 5 aliphatic rings. The Balaban J connectivity index is 0.000000806. The van der Waals surface area contributed by atoms with E-state index in [1.165, 1.54) is 90.2 Å². The Bertz CT molecular complexity index is 4750. The SMILES string of the molecule is C=C1/C=C\C=C/N(c2ccc3c(c2)C(C)(C)c2cc4c(cc2O3)C(C)(C)c2cc(N3c5ccccc5C(C)(C)c5cc(N(c6ccccc6)c6ccccc6)ccc53)c3c(c2C=C4)Cc2ccccc2-3)c2ccc(Nc3ccccc3)cc2C1(C)C.CCC.c1ccccc1. The van der Waals surface area contributed by atoms with Crippen LogP contribution >= 0.6 is 0 Å². The molecule has 1 N–H and O–H groups in total. The molecule has 0 fully saturated rings. The van der Waals surface area contributed by atoms with Crippen LogP contribution in [0.15, 0.2) is 285 Å². The van der Waals surface area contributed by atoms with Crippen LogP contribution in [-0.4, -0.2) is 0 Å². The molecular weight excluding hydrogens is 1150 g/mol. The lowest BCUT2D eigenvalue weighted by Crippen LogP contribution is -2.31. The van der Waals surface area contributed by atoms with Gasteiger partial charge in [-0.2, -0.15) is 0 Å². The summed E-state index contributed by atoms with van der Waals surface area (Å²) in [6.45, 7) is 27.7. The number of allylic oxidation sites excluding steroid dienone is 4. The van der Waals surface area contributed by atoms with Crippen molar-refractivity contribution in [2.24, 2.45) is 0 Å². The van der Waals surface area contributed by atoms with Crippen LogP contribution in [0.4, 0.5) is 56.9 Å². The van der Waals surface area contributed by atoms with Crippen molar-refractivity contribution in [3.8, 4) is 22.6 Å². The van der Waals surface area contributed by atoms with Crippen molar-refractivity contribution < 1.29 is 4.74 Å². The summed E-state index contributed by atoms with van der Waals surface area (Å²) < 4.78 is 7.21. The van der Waals surface area contributed by atoms with Gasteiger partial charge in [-0.1, -0.05) is 240 Å². The van der Waals surface area contributed by atoms with Gasteiger partial charge in [-0.15, -0.1) is 0 Å². The first-order valence-electron chi connectivity index (χ1n) is 33.7. The molecule has 0 bridgehead atoms. The maximum Gasteiger partial charge on any atom is 0.131 e. The predicted octanol–water partition coefficient (Wildman–Crippen LogP) is 25.0. The molecule has 0 atom stereocenters. The number of para-hydroxylation sites is 4. The minimum Gasteiger partial charge on any atom is -0.457 e. The van der Waals surface area contributed by atoms with E-state index >= 15 is 0 Å². The van der Waals surface area contributed by atoms with Gasteiger partial charge in [0.1, 0.15) is 11.5 Å². The van der Waals surface area contributed by atoms with E-state index in [9.17, 15) is 0 Å². The first-order valence-corrected chi connectivity index (χ1v) is 33.7. The van der Waals surface area contributed by atoms with Crippen molar-refractivity contribution in [2.75, 3.05) is 20.0 Å². The average molecular weight is 1240 g/mol. The fourth-order valence-electron chi connectivity index (χ4n) is 15.0. The van der Waals surface area contributed by atoms with Crippen LogP contribution in [0.5, 0.6) is 11.5 Å². The number of benzene rings is 11. The van der Waals surface area contributed by atoms with Crippen molar-refractivity contribution in [2.45, 2.75) is 104 Å². The largest absolute Gasteiger partial charge is 0.457 e. The molecule has 95 heavy (non-hydrogen) atoms. The number of anilines is 10. The molecule has 470 valence electrons. The molecule has 0 unspecified atom stereocenters. The first-order chi connectivity index (χ1) is 46.0. The van der Waals surface area contributed by atoms with E-state index in [2.05, 4.69) is 339 Å². The quantitative estimate of drug-likeness (QED) is 0.172. The summed E-state index contributed by atoms with van der Waals surface area (Å²) in [5.74, 6) is 1.78. The topological polar surface area (TPSA) is 31.0 Å². The van der Waals surface area contributed by atoms with Gasteiger partial charge in [0.25, 0.3) is 0 Å². The zero-order chi connectivity index (χ0) is 65.8. The molecule has 0 aromatic heterocycles. The Kier molecular flexibility index (Phi) is 16.1. The van der Waals surface area contributed by atoms with Crippen molar-refractivity contribution in [3.63, 3.8) is 0 Å². The third-order valence-corrected chi connectivity index (χ3v) is 20.2. The maximum atomic E-state index is 7.21. The van der Waals surface area contributed by atoms with Gasteiger partial charge < -0.3 is 24.8 Å². The number of nitrogens with one attached hydrogen (secondary N) is 1. The van der Waals surface area contributed by atoms with Crippen LogP contribution < -0.4 is 24.8 Å². The number of nitrogens with zero attached hydrogens (tertiary/aromatic N) is 3. The van der Waals surface area contributed by atoms with E-state index in [-0.39, 0.29) is 10.8 Å². The zero-order valence-electron chi connectivity index (χ0n) is 56.5. The van der Waals surface area contributed by atoms with Gasteiger partial charge in [0.05, 0.1) is 17.1 Å². The second-order valence-electron chi connectivity index (χ2n) is 27.8. The molecule has 0 amide bonds. The minimum atomic E-state index is -0.444. The Hall–Kier alpha value is -10.6. The van der Waals surface area contributed by atoms with Crippen LogP contribution in [0.2, 0.25) is 0 Å². The van der Waals surface area contributed by atoms with Gasteiger partial charge in [-0.3, -0.25) is 0 Å². The third kappa shape index (κ3) is 11.0. The molecule has 11 aromatic carbocycles. The molecule has 3 aliphatic heterocycles. The molecular formula is C90H84N4O. The minimum absolute atomic E-state index is 0.317. The number of hydrogen-bond donors (Lipinski definition) is 1. The van der Waals surface area contributed by atoms with Crippen molar-refractivity contribution in [1.29, 1.82) is 0 Å². The van der Waals surface area contributed by atoms with E-state index in [0.29, 0.717) is 0 Å². The predicted molar refractivity (Wildman–Crippen MR) is 403 cm³/mol. The highest BCUT2D eigenvalue weighted by Crippen LogP contribution is 2.60. The summed E-state index contributed by atoms with van der Waals surface area (Å²) in [6, 6.07) is 90.0. The Morgan fingerprint density at radius 2 is 1.01 bits per heavy atom. The van der Waals surface area contributed by atoms with Crippen molar-refractivity contribution in [1.82, 2.24) is 0 Å². The summed E-state index contributed by atoms with van der Waals surface area (Å²) in [5, 5.41) is 3.65. The van der Waals surface area contributed by atoms with Crippen LogP contribution in [0.25, 0.3) is 23.3 Å². The standard InChI is InChI=1S/C81H70N4O.C6H6.C3H8/c1-52-25-23-24-44-83(71-41-37-56(47-67(71)78(52,2)3)82-55-27-13-10-14-28-55)59-39-43-75-70(48-59)81(8,9)69-46-54-36-40-62-63-45-53-26-19-20-33-61(53)77(63)74(50-66(62)80(6,7)65(54)51-76(69)86-75)85-72-35-22-21-34-64(72)79(4,5)68-49-60(38-42-73(68)85)84(57-29-15-11-16-30-57)58-31-17-12-18-32-58;1-2-4-6-5-3-1;1-3-2/h10-44,46-51,82H,1,45H2,2-9H3;1-6H;3H2,1-2H3/b25-23-,44-24-;;. The van der Waals surface area contributed by atoms with Crippen molar-refractivity contribution in [3.05, 3.63) is 346 Å². The molecule has 5 heteroatoms. The summed E-state index contributed by atoms with van der Waals surface area (Å²) >= 11 is 0. The lowest BCUT2D eigenvalue weighted by atomic mass is 9.70. The third-order valence-electron chi connectivity index (χ3n) is 20.2. The van der Waals surface area contributed by atoms with Gasteiger partial charge in [-0.05, 0) is 189 Å². The molecule has 5 nitrogen and oxygen atoms in total. The van der Waals surface area contributed by atoms with Gasteiger partial charge in [0, 0.05) is 84.4 Å². The molecule has 0 saturated carbocycles. The molecule has 0 radical (unpaired) electrons. The summed E-state index contributed by atoms with van der Waals surface area (Å²) in [4.78, 5) is 7.31. The second kappa shape index (κ2) is 24.7. The Morgan fingerprint density at radius 3 is 1.72 bits per heavy atom. The maximum absolute atomic E-state index is 7.21. The first kappa shape index (κ1) is 61.9. The summed E-state index contributed by atoms with van der Waals surface area (Å²) in [5.41, 5.74) is 27.2. The zero-order valence-corrected chi connectivity index (χ0v) is 56.5. The van der Waals surface area contributed by atoms with E-state index in [1.807, 2.05) is 42.5 Å². The fraction of sp³-hybridized carbons (Fsp3) is 0.178. The van der Waals surface area contributed by atoms with E-state index in [4.69, 9.17) is 4.74 Å². The highest BCUT2D eigenvalue weighted by molar-refractivity contribution is 6.00. The van der Waals surface area contributed by atoms with Crippen LogP contribution in [-0.2, 0) is 28.1 Å². The smallest absolute Gasteiger partial charge is 0.131 e. The summed E-state index contributed by atoms with van der Waals surface area (Å²) in [7, 11) is 0. The molecule has 11 aromatic rings. The number of ether oxygens (including phenoxy) is 1. The average Bonchev–Trinajstić information content (AvgIpc) is 1.69. The van der Waals surface area contributed by atoms with Crippen LogP contribution in [0, 0.1) is 0 Å². The normalized spacial score (nSPS) is 16.2. The van der Waals surface area contributed by atoms with Crippen molar-refractivity contribution >= 4 is 69.0 Å². The van der Waals surface area contributed by atoms with Crippen LogP contribution in [0.3, 0.4) is 0 Å². The Labute approximate surface area is 563 Å². The highest BCUT2D eigenvalue weighted by Gasteiger charge is 2.43. The lowest BCUT2D eigenvalue weighted by molar-refractivity contribution is 0.416. The van der Waals surface area contributed by atoms with E-state index in [1.54, 1.807) is 0 Å². The summed E-state index contributed by atoms with van der Waals surface area (Å²) in [6.07, 6.45) is 15.5. The fourth-order valence-corrected chi connectivity index (χ4v) is 15.0. The molecule has 2 aliphatic carbocycles. The van der Waals surface area contributed by atoms with Gasteiger partial charge in [0.15, 0.2) is 0 Å². The molecule has 16 rings (SSSR count). The van der Waals surface area contributed by atoms with Gasteiger partial charge in [0.2, 0.25) is 0 Å². The molecule has 3 heterocycles. The molecule has 0 spiro atoms. The lowest BCUT2D eigenvalue weighted by Gasteiger charge is -2.44. The second-order valence-corrected chi connectivity index (χ2v) is 27.8. The number of rotatable bonds is 7. The van der Waals surface area contributed by atoms with E-state index in [0.717, 1.165) is 68.9 Å². The molecule has 0 saturated heterocycles. The number of hydrogen-bond acceptors (Lipinski definition) is 5. The van der Waals surface area contributed by atoms with E-state index < -0.39 is 10.8 Å². The highest BCUT2D eigenvalue weighted by atomic mass is 16.5. The van der Waals surface area contributed by atoms with Gasteiger partial charge >= 0.3 is 0 Å². The van der Waals surface area contributed by atoms with Gasteiger partial charge in [-0.25, -0.2) is 0 Å². The monoisotopic (exact) mass is 1240 g/mol. The Morgan fingerprint density at radius 1 is 0.432 bits per heavy atom.